The molecule has 4 aliphatic rings. The summed E-state index contributed by atoms with van der Waals surface area (Å²) in [5, 5.41) is 14.7. The molecule has 1 aromatic heterocycles. The fraction of sp³-hybridized carbons (Fsp3) is 0.522. The van der Waals surface area contributed by atoms with Crippen LogP contribution < -0.4 is 4.90 Å². The smallest absolute Gasteiger partial charge is 0.356 e. The van der Waals surface area contributed by atoms with Gasteiger partial charge in [0.2, 0.25) is 5.91 Å². The number of benzene rings is 1. The number of piperazine rings is 1. The van der Waals surface area contributed by atoms with Gasteiger partial charge < -0.3 is 14.9 Å². The highest BCUT2D eigenvalue weighted by atomic mass is 35.5. The first-order chi connectivity index (χ1) is 14.9. The Bertz CT molecular complexity index is 1120. The summed E-state index contributed by atoms with van der Waals surface area (Å²) < 4.78 is 1.68. The number of carbonyl (C=O) groups excluding carboxylic acids is 1. The van der Waals surface area contributed by atoms with Crippen molar-refractivity contribution in [2.24, 2.45) is 5.92 Å². The number of aromatic carboxylic acids is 1. The monoisotopic (exact) mass is 440 g/mol. The number of carbonyl (C=O) groups is 2. The molecule has 0 radical (unpaired) electrons. The van der Waals surface area contributed by atoms with Crippen molar-refractivity contribution in [3.63, 3.8) is 0 Å². The van der Waals surface area contributed by atoms with E-state index in [4.69, 9.17) is 11.6 Å². The van der Waals surface area contributed by atoms with Gasteiger partial charge >= 0.3 is 5.97 Å². The van der Waals surface area contributed by atoms with Crippen LogP contribution in [0.2, 0.25) is 5.02 Å². The highest BCUT2D eigenvalue weighted by Gasteiger charge is 2.54. The fourth-order valence-electron chi connectivity index (χ4n) is 5.78. The van der Waals surface area contributed by atoms with E-state index in [1.54, 1.807) is 4.68 Å². The van der Waals surface area contributed by atoms with E-state index in [-0.39, 0.29) is 23.7 Å². The zero-order valence-electron chi connectivity index (χ0n) is 17.5. The van der Waals surface area contributed by atoms with Gasteiger partial charge in [-0.1, -0.05) is 17.7 Å². The molecule has 2 unspecified atom stereocenters. The number of carboxylic acid groups (broad SMARTS) is 1. The molecule has 2 aromatic rings. The van der Waals surface area contributed by atoms with E-state index in [0.717, 1.165) is 66.3 Å². The van der Waals surface area contributed by atoms with Crippen LogP contribution >= 0.6 is 11.6 Å². The minimum Gasteiger partial charge on any atom is -0.476 e. The number of amides is 1. The van der Waals surface area contributed by atoms with E-state index in [2.05, 4.69) is 16.1 Å². The molecule has 1 saturated heterocycles. The lowest BCUT2D eigenvalue weighted by molar-refractivity contribution is -0.135. The van der Waals surface area contributed by atoms with E-state index in [9.17, 15) is 14.7 Å². The Labute approximate surface area is 185 Å². The van der Waals surface area contributed by atoms with Gasteiger partial charge in [-0.25, -0.2) is 4.79 Å². The van der Waals surface area contributed by atoms with Crippen LogP contribution in [-0.2, 0) is 17.8 Å². The molecule has 1 spiro atoms. The van der Waals surface area contributed by atoms with Crippen molar-refractivity contribution in [1.29, 1.82) is 0 Å². The minimum atomic E-state index is -0.987. The topological polar surface area (TPSA) is 78.7 Å². The highest BCUT2D eigenvalue weighted by molar-refractivity contribution is 6.31. The first-order valence-corrected chi connectivity index (χ1v) is 11.4. The Hall–Kier alpha value is -2.54. The first-order valence-electron chi connectivity index (χ1n) is 11.0. The lowest BCUT2D eigenvalue weighted by atomic mass is 10.1. The summed E-state index contributed by atoms with van der Waals surface area (Å²) in [5.74, 6) is -0.0575. The lowest BCUT2D eigenvalue weighted by Gasteiger charge is -2.43. The third-order valence-electron chi connectivity index (χ3n) is 7.69. The number of fused-ring (bicyclic) bond motifs is 3. The van der Waals surface area contributed by atoms with Crippen LogP contribution in [0.1, 0.15) is 52.5 Å². The summed E-state index contributed by atoms with van der Waals surface area (Å²) >= 11 is 6.33. The van der Waals surface area contributed by atoms with Gasteiger partial charge in [-0.2, -0.15) is 5.10 Å². The zero-order chi connectivity index (χ0) is 21.5. The van der Waals surface area contributed by atoms with Crippen LogP contribution in [-0.4, -0.2) is 56.8 Å². The standard InChI is InChI=1S/C23H25ClN4O3/c1-13-16(24)3-2-4-17(13)26-7-8-27(23(12-26)5-6-23)19(29)11-28-18-10-14-9-15(14)20(18)21(25-28)22(30)31/h2-4,14-15H,5-12H2,1H3,(H,30,31). The number of carboxylic acids is 1. The van der Waals surface area contributed by atoms with Gasteiger partial charge in [0.25, 0.3) is 0 Å². The largest absolute Gasteiger partial charge is 0.476 e. The van der Waals surface area contributed by atoms with Gasteiger partial charge in [-0.05, 0) is 62.1 Å². The van der Waals surface area contributed by atoms with Crippen molar-refractivity contribution in [2.75, 3.05) is 24.5 Å². The van der Waals surface area contributed by atoms with Crippen LogP contribution in [0, 0.1) is 12.8 Å². The fourth-order valence-corrected chi connectivity index (χ4v) is 5.95. The number of hydrogen-bond acceptors (Lipinski definition) is 4. The first kappa shape index (κ1) is 19.2. The molecule has 0 bridgehead atoms. The molecular weight excluding hydrogens is 416 g/mol. The number of rotatable bonds is 4. The summed E-state index contributed by atoms with van der Waals surface area (Å²) in [6.07, 6.45) is 3.90. The van der Waals surface area contributed by atoms with Crippen molar-refractivity contribution in [2.45, 2.75) is 50.6 Å². The Morgan fingerprint density at radius 3 is 2.84 bits per heavy atom. The molecule has 3 aliphatic carbocycles. The van der Waals surface area contributed by atoms with Crippen molar-refractivity contribution in [1.82, 2.24) is 14.7 Å². The summed E-state index contributed by atoms with van der Waals surface area (Å²) in [5.41, 5.74) is 4.08. The van der Waals surface area contributed by atoms with Crippen LogP contribution in [0.3, 0.4) is 0 Å². The van der Waals surface area contributed by atoms with E-state index >= 15 is 0 Å². The van der Waals surface area contributed by atoms with E-state index in [1.807, 2.05) is 24.0 Å². The molecule has 2 heterocycles. The van der Waals surface area contributed by atoms with E-state index in [1.165, 1.54) is 0 Å². The third kappa shape index (κ3) is 2.89. The van der Waals surface area contributed by atoms with Crippen molar-refractivity contribution >= 4 is 29.2 Å². The number of hydrogen-bond donors (Lipinski definition) is 1. The average molecular weight is 441 g/mol. The quantitative estimate of drug-likeness (QED) is 0.790. The summed E-state index contributed by atoms with van der Waals surface area (Å²) in [6.45, 7) is 4.40. The molecule has 31 heavy (non-hydrogen) atoms. The van der Waals surface area contributed by atoms with Gasteiger partial charge in [0, 0.05) is 41.6 Å². The lowest BCUT2D eigenvalue weighted by Crippen LogP contribution is -2.58. The van der Waals surface area contributed by atoms with Crippen molar-refractivity contribution < 1.29 is 14.7 Å². The maximum Gasteiger partial charge on any atom is 0.356 e. The summed E-state index contributed by atoms with van der Waals surface area (Å²) in [6, 6.07) is 5.98. The average Bonchev–Trinajstić information content (AvgIpc) is 3.61. The van der Waals surface area contributed by atoms with E-state index < -0.39 is 5.97 Å². The van der Waals surface area contributed by atoms with Crippen LogP contribution in [0.25, 0.3) is 0 Å². The summed E-state index contributed by atoms with van der Waals surface area (Å²) in [7, 11) is 0. The molecule has 3 fully saturated rings. The molecule has 1 amide bonds. The SMILES string of the molecule is Cc1c(Cl)cccc1N1CCN(C(=O)Cn2nc(C(=O)O)c3c2CC2CC32)C2(CC2)C1. The number of anilines is 1. The minimum absolute atomic E-state index is 0.0442. The Kier molecular flexibility index (Phi) is 4.01. The third-order valence-corrected chi connectivity index (χ3v) is 8.10. The second-order valence-corrected chi connectivity index (χ2v) is 9.96. The number of aromatic nitrogens is 2. The van der Waals surface area contributed by atoms with Gasteiger partial charge in [0.15, 0.2) is 5.69 Å². The van der Waals surface area contributed by atoms with Crippen LogP contribution in [0.4, 0.5) is 5.69 Å². The van der Waals surface area contributed by atoms with Crippen LogP contribution in [0.5, 0.6) is 0 Å². The maximum absolute atomic E-state index is 13.3. The highest BCUT2D eigenvalue weighted by Crippen LogP contribution is 2.57. The summed E-state index contributed by atoms with van der Waals surface area (Å²) in [4.78, 5) is 29.4. The maximum atomic E-state index is 13.3. The Morgan fingerprint density at radius 1 is 1.29 bits per heavy atom. The van der Waals surface area contributed by atoms with Crippen LogP contribution in [0.15, 0.2) is 18.2 Å². The van der Waals surface area contributed by atoms with Gasteiger partial charge in [-0.15, -0.1) is 0 Å². The molecule has 7 nitrogen and oxygen atoms in total. The molecule has 1 aliphatic heterocycles. The van der Waals surface area contributed by atoms with E-state index in [0.29, 0.717) is 18.4 Å². The molecule has 8 heteroatoms. The predicted molar refractivity (Wildman–Crippen MR) is 116 cm³/mol. The van der Waals surface area contributed by atoms with Gasteiger partial charge in [0.1, 0.15) is 6.54 Å². The van der Waals surface area contributed by atoms with Crippen molar-refractivity contribution in [3.8, 4) is 0 Å². The molecule has 1 N–H and O–H groups in total. The second-order valence-electron chi connectivity index (χ2n) is 9.55. The predicted octanol–water partition coefficient (Wildman–Crippen LogP) is 3.08. The van der Waals surface area contributed by atoms with Gasteiger partial charge in [0.05, 0.1) is 5.54 Å². The van der Waals surface area contributed by atoms with Crippen molar-refractivity contribution in [3.05, 3.63) is 45.7 Å². The second kappa shape index (κ2) is 6.48. The Balaban J connectivity index is 1.22. The molecule has 162 valence electrons. The zero-order valence-corrected chi connectivity index (χ0v) is 18.2. The Morgan fingerprint density at radius 2 is 2.10 bits per heavy atom. The molecule has 2 saturated carbocycles. The molecule has 1 aromatic carbocycles. The number of halogens is 1. The number of nitrogens with zero attached hydrogens (tertiary/aromatic N) is 4. The molecular formula is C23H25ClN4O3. The van der Waals surface area contributed by atoms with Gasteiger partial charge in [-0.3, -0.25) is 9.48 Å². The molecule has 2 atom stereocenters. The normalized spacial score (nSPS) is 24.8. The molecule has 6 rings (SSSR count).